The number of esters is 4. The van der Waals surface area contributed by atoms with E-state index in [9.17, 15) is 34.5 Å². The van der Waals surface area contributed by atoms with Crippen LogP contribution < -0.4 is 0 Å². The normalized spacial score (nSPS) is 12.7. The van der Waals surface area contributed by atoms with E-state index < -0.39 is 66.6 Å². The Morgan fingerprint density at radius 1 is 0.742 bits per heavy atom. The minimum atomic E-state index is -2.58. The minimum absolute atomic E-state index is 0.0661. The molecule has 0 saturated heterocycles. The third-order valence-electron chi connectivity index (χ3n) is 4.05. The average molecular weight is 521 g/mol. The molecule has 0 saturated carbocycles. The van der Waals surface area contributed by atoms with Crippen molar-refractivity contribution in [2.75, 3.05) is 37.1 Å². The fourth-order valence-corrected chi connectivity index (χ4v) is 3.19. The van der Waals surface area contributed by atoms with Crippen LogP contribution in [0.3, 0.4) is 0 Å². The van der Waals surface area contributed by atoms with Crippen molar-refractivity contribution in [3.05, 3.63) is 0 Å². The summed E-state index contributed by atoms with van der Waals surface area (Å²) in [6.07, 6.45) is -1.32. The number of ether oxygens (including phenoxy) is 3. The summed E-state index contributed by atoms with van der Waals surface area (Å²) in [6.45, 7) is -2.39. The molecule has 0 aliphatic heterocycles. The number of carbonyl (C=O) groups excluding carboxylic acids is 4. The third kappa shape index (κ3) is 10.2. The van der Waals surface area contributed by atoms with Crippen LogP contribution in [0, 0.1) is 11.3 Å². The lowest BCUT2D eigenvalue weighted by molar-refractivity contribution is -0.218. The van der Waals surface area contributed by atoms with Crippen molar-refractivity contribution in [2.45, 2.75) is 30.8 Å². The van der Waals surface area contributed by atoms with Crippen molar-refractivity contribution in [1.82, 2.24) is 0 Å². The molecular weight excluding hydrogens is 492 g/mol. The van der Waals surface area contributed by atoms with Crippen LogP contribution in [0.1, 0.15) is 25.7 Å². The topological polar surface area (TPSA) is 157 Å². The highest BCUT2D eigenvalue weighted by atomic mass is 32.1. The maximum Gasteiger partial charge on any atom is 0.325 e. The summed E-state index contributed by atoms with van der Waals surface area (Å²) in [5, 5.41) is 26.4. The standard InChI is InChI=1S/C17H28O10S4/c18-8-16(9-19,10-20)7-11(15(24)25-12(21)1-4-28)17(31,26-13(22)2-5-29)27-14(23)3-6-30/h11,18-20,28-31H,1-10H2. The van der Waals surface area contributed by atoms with Crippen molar-refractivity contribution >= 4 is 74.4 Å². The lowest BCUT2D eigenvalue weighted by atomic mass is 9.80. The summed E-state index contributed by atoms with van der Waals surface area (Å²) < 4.78 is 15.0. The second-order valence-electron chi connectivity index (χ2n) is 6.52. The first kappa shape index (κ1) is 30.4. The van der Waals surface area contributed by atoms with Gasteiger partial charge in [0, 0.05) is 22.7 Å². The Balaban J connectivity index is 6.24. The number of aliphatic hydroxyl groups excluding tert-OH is 3. The van der Waals surface area contributed by atoms with Gasteiger partial charge in [-0.2, -0.15) is 37.9 Å². The fraction of sp³-hybridized carbons (Fsp3) is 0.765. The van der Waals surface area contributed by atoms with E-state index in [1.165, 1.54) is 0 Å². The molecule has 0 aromatic carbocycles. The van der Waals surface area contributed by atoms with E-state index in [1.807, 2.05) is 0 Å². The summed E-state index contributed by atoms with van der Waals surface area (Å²) in [6, 6.07) is 0. The van der Waals surface area contributed by atoms with Crippen molar-refractivity contribution in [3.8, 4) is 0 Å². The van der Waals surface area contributed by atoms with Crippen molar-refractivity contribution in [1.29, 1.82) is 0 Å². The summed E-state index contributed by atoms with van der Waals surface area (Å²) in [7, 11) is 0. The zero-order valence-electron chi connectivity index (χ0n) is 16.6. The molecule has 0 heterocycles. The van der Waals surface area contributed by atoms with Gasteiger partial charge in [0.2, 0.25) is 0 Å². The molecule has 0 fully saturated rings. The summed E-state index contributed by atoms with van der Waals surface area (Å²) in [5.74, 6) is -5.75. The van der Waals surface area contributed by atoms with Crippen molar-refractivity contribution in [2.24, 2.45) is 11.3 Å². The highest BCUT2D eigenvalue weighted by Crippen LogP contribution is 2.39. The van der Waals surface area contributed by atoms with Gasteiger partial charge in [0.1, 0.15) is 5.92 Å². The van der Waals surface area contributed by atoms with Gasteiger partial charge >= 0.3 is 29.0 Å². The number of thiol groups is 4. The first-order valence-corrected chi connectivity index (χ1v) is 11.5. The van der Waals surface area contributed by atoms with E-state index in [4.69, 9.17) is 14.2 Å². The van der Waals surface area contributed by atoms with Crippen LogP contribution >= 0.6 is 50.5 Å². The molecule has 0 aromatic rings. The van der Waals surface area contributed by atoms with Crippen LogP contribution in [0.4, 0.5) is 0 Å². The largest absolute Gasteiger partial charge is 0.412 e. The number of hydrogen-bond donors (Lipinski definition) is 7. The van der Waals surface area contributed by atoms with Crippen LogP contribution in [-0.2, 0) is 33.4 Å². The van der Waals surface area contributed by atoms with Gasteiger partial charge in [-0.15, -0.1) is 0 Å². The highest BCUT2D eigenvalue weighted by molar-refractivity contribution is 7.81. The molecule has 10 nitrogen and oxygen atoms in total. The molecule has 1 atom stereocenters. The second-order valence-corrected chi connectivity index (χ2v) is 8.49. The number of hydrogen-bond acceptors (Lipinski definition) is 14. The maximum atomic E-state index is 12.8. The van der Waals surface area contributed by atoms with E-state index in [2.05, 4.69) is 50.5 Å². The van der Waals surface area contributed by atoms with Crippen LogP contribution in [0.15, 0.2) is 0 Å². The Hall–Kier alpha value is -0.640. The van der Waals surface area contributed by atoms with Crippen molar-refractivity contribution in [3.63, 3.8) is 0 Å². The van der Waals surface area contributed by atoms with E-state index in [0.717, 1.165) is 0 Å². The molecule has 0 aliphatic carbocycles. The molecule has 3 N–H and O–H groups in total. The van der Waals surface area contributed by atoms with Gasteiger partial charge in [-0.25, -0.2) is 0 Å². The Morgan fingerprint density at radius 3 is 1.48 bits per heavy atom. The predicted octanol–water partition coefficient (Wildman–Crippen LogP) is -0.344. The zero-order chi connectivity index (χ0) is 24.1. The van der Waals surface area contributed by atoms with Gasteiger partial charge in [-0.3, -0.25) is 19.2 Å². The molecule has 0 radical (unpaired) electrons. The number of aliphatic hydroxyl groups is 3. The molecule has 180 valence electrons. The summed E-state index contributed by atoms with van der Waals surface area (Å²) in [4.78, 5) is 48.9. The average Bonchev–Trinajstić information content (AvgIpc) is 2.69. The number of rotatable bonds is 15. The quantitative estimate of drug-likeness (QED) is 0.0659. The third-order valence-corrected chi connectivity index (χ3v) is 5.22. The summed E-state index contributed by atoms with van der Waals surface area (Å²) in [5.41, 5.74) is -1.68. The molecule has 14 heteroatoms. The molecule has 0 bridgehead atoms. The van der Waals surface area contributed by atoms with Crippen LogP contribution in [0.5, 0.6) is 0 Å². The maximum absolute atomic E-state index is 12.8. The SMILES string of the molecule is O=C(CCS)OC(=O)C(CC(CO)(CO)CO)C(S)(OC(=O)CCS)OC(=O)CCS. The highest BCUT2D eigenvalue weighted by Gasteiger charge is 2.52. The first-order chi connectivity index (χ1) is 14.6. The fourth-order valence-electron chi connectivity index (χ4n) is 2.24. The molecule has 1 unspecified atom stereocenters. The van der Waals surface area contributed by atoms with E-state index in [0.29, 0.717) is 0 Å². The second kappa shape index (κ2) is 15.2. The predicted molar refractivity (Wildman–Crippen MR) is 122 cm³/mol. The first-order valence-electron chi connectivity index (χ1n) is 9.12. The van der Waals surface area contributed by atoms with Gasteiger partial charge in [-0.05, 0) is 6.42 Å². The molecule has 0 aromatic heterocycles. The monoisotopic (exact) mass is 520 g/mol. The van der Waals surface area contributed by atoms with Gasteiger partial charge in [0.15, 0.2) is 0 Å². The summed E-state index contributed by atoms with van der Waals surface area (Å²) >= 11 is 15.8. The molecule has 0 aliphatic rings. The molecule has 0 spiro atoms. The number of carbonyl (C=O) groups is 4. The van der Waals surface area contributed by atoms with Gasteiger partial charge in [0.25, 0.3) is 0 Å². The van der Waals surface area contributed by atoms with Gasteiger partial charge in [-0.1, -0.05) is 12.6 Å². The Kier molecular flexibility index (Phi) is 14.9. The van der Waals surface area contributed by atoms with Crippen molar-refractivity contribution < 1.29 is 48.7 Å². The smallest absolute Gasteiger partial charge is 0.325 e. The van der Waals surface area contributed by atoms with Gasteiger partial charge in [0.05, 0.1) is 39.1 Å². The van der Waals surface area contributed by atoms with E-state index >= 15 is 0 Å². The Morgan fingerprint density at radius 2 is 1.13 bits per heavy atom. The Labute approximate surface area is 202 Å². The van der Waals surface area contributed by atoms with Crippen LogP contribution in [-0.4, -0.2) is 81.4 Å². The van der Waals surface area contributed by atoms with Crippen LogP contribution in [0.25, 0.3) is 0 Å². The minimum Gasteiger partial charge on any atom is -0.412 e. The van der Waals surface area contributed by atoms with E-state index in [-0.39, 0.29) is 36.5 Å². The lowest BCUT2D eigenvalue weighted by Crippen LogP contribution is -2.50. The van der Waals surface area contributed by atoms with Crippen LogP contribution in [0.2, 0.25) is 0 Å². The van der Waals surface area contributed by atoms with E-state index in [1.54, 1.807) is 0 Å². The lowest BCUT2D eigenvalue weighted by Gasteiger charge is -2.38. The Bertz CT molecular complexity index is 583. The molecule has 0 amide bonds. The molecule has 0 rings (SSSR count). The molecule has 31 heavy (non-hydrogen) atoms. The van der Waals surface area contributed by atoms with Gasteiger partial charge < -0.3 is 29.5 Å². The molecular formula is C17H28O10S4. The zero-order valence-corrected chi connectivity index (χ0v) is 20.2.